The molecule has 0 bridgehead atoms. The van der Waals surface area contributed by atoms with Gasteiger partial charge >= 0.3 is 0 Å². The number of methoxy groups -OCH3 is 1. The van der Waals surface area contributed by atoms with Crippen LogP contribution in [0.5, 0.6) is 5.75 Å². The van der Waals surface area contributed by atoms with Crippen LogP contribution < -0.4 is 10.1 Å². The van der Waals surface area contributed by atoms with Crippen molar-refractivity contribution in [3.05, 3.63) is 47.9 Å². The minimum Gasteiger partial charge on any atom is -0.497 e. The molecule has 24 heavy (non-hydrogen) atoms. The van der Waals surface area contributed by atoms with Crippen molar-refractivity contribution in [1.82, 2.24) is 14.9 Å². The molecule has 2 fully saturated rings. The van der Waals surface area contributed by atoms with Gasteiger partial charge < -0.3 is 10.1 Å². The van der Waals surface area contributed by atoms with E-state index in [2.05, 4.69) is 38.4 Å². The summed E-state index contributed by atoms with van der Waals surface area (Å²) in [4.78, 5) is 11.5. The molecule has 1 aliphatic carbocycles. The standard InChI is InChI=1S/C19H24N4O/c1-24-17-4-2-3-14(11-17)12-23-10-8-16(13-23)21-18-7-9-20-19(22-18)15-5-6-15/h2-4,7,9,11,15-16H,5-6,8,10,12-13H2,1H3,(H,20,21,22). The molecule has 2 heterocycles. The average molecular weight is 324 g/mol. The van der Waals surface area contributed by atoms with Crippen molar-refractivity contribution in [2.24, 2.45) is 0 Å². The summed E-state index contributed by atoms with van der Waals surface area (Å²) >= 11 is 0. The summed E-state index contributed by atoms with van der Waals surface area (Å²) in [6, 6.07) is 10.8. The molecule has 5 nitrogen and oxygen atoms in total. The first-order valence-electron chi connectivity index (χ1n) is 8.75. The molecule has 1 aromatic carbocycles. The van der Waals surface area contributed by atoms with Gasteiger partial charge in [-0.25, -0.2) is 9.97 Å². The topological polar surface area (TPSA) is 50.3 Å². The molecule has 1 aromatic heterocycles. The van der Waals surface area contributed by atoms with Gasteiger partial charge in [-0.1, -0.05) is 12.1 Å². The number of nitrogens with one attached hydrogen (secondary N) is 1. The van der Waals surface area contributed by atoms with Crippen LogP contribution in [0.3, 0.4) is 0 Å². The second kappa shape index (κ2) is 6.77. The first-order chi connectivity index (χ1) is 11.8. The number of nitrogens with zero attached hydrogens (tertiary/aromatic N) is 3. The molecule has 1 N–H and O–H groups in total. The maximum Gasteiger partial charge on any atom is 0.133 e. The molecule has 1 atom stereocenters. The fourth-order valence-electron chi connectivity index (χ4n) is 3.32. The third kappa shape index (κ3) is 3.67. The van der Waals surface area contributed by atoms with Crippen LogP contribution in [-0.2, 0) is 6.54 Å². The third-order valence-corrected chi connectivity index (χ3v) is 4.78. The quantitative estimate of drug-likeness (QED) is 0.885. The van der Waals surface area contributed by atoms with E-state index in [1.165, 1.54) is 18.4 Å². The van der Waals surface area contributed by atoms with Gasteiger partial charge in [0.05, 0.1) is 7.11 Å². The Kier molecular flexibility index (Phi) is 4.34. The summed E-state index contributed by atoms with van der Waals surface area (Å²) in [5, 5.41) is 3.58. The summed E-state index contributed by atoms with van der Waals surface area (Å²) in [7, 11) is 1.71. The van der Waals surface area contributed by atoms with E-state index in [9.17, 15) is 0 Å². The monoisotopic (exact) mass is 324 g/mol. The number of anilines is 1. The van der Waals surface area contributed by atoms with Gasteiger partial charge in [0.15, 0.2) is 0 Å². The van der Waals surface area contributed by atoms with Crippen LogP contribution in [0.2, 0.25) is 0 Å². The third-order valence-electron chi connectivity index (χ3n) is 4.78. The van der Waals surface area contributed by atoms with E-state index >= 15 is 0 Å². The number of ether oxygens (including phenoxy) is 1. The average Bonchev–Trinajstić information content (AvgIpc) is 3.38. The lowest BCUT2D eigenvalue weighted by atomic mass is 10.2. The SMILES string of the molecule is COc1cccc(CN2CCC(Nc3ccnc(C4CC4)n3)C2)c1. The number of benzene rings is 1. The van der Waals surface area contributed by atoms with Gasteiger partial charge in [0.1, 0.15) is 17.4 Å². The molecular formula is C19H24N4O. The van der Waals surface area contributed by atoms with Gasteiger partial charge in [0, 0.05) is 37.8 Å². The van der Waals surface area contributed by atoms with Crippen molar-refractivity contribution in [2.75, 3.05) is 25.5 Å². The molecule has 126 valence electrons. The second-order valence-corrected chi connectivity index (χ2v) is 6.79. The molecule has 1 aliphatic heterocycles. The predicted octanol–water partition coefficient (Wildman–Crippen LogP) is 3.05. The highest BCUT2D eigenvalue weighted by Crippen LogP contribution is 2.38. The largest absolute Gasteiger partial charge is 0.497 e. The van der Waals surface area contributed by atoms with Gasteiger partial charge in [-0.05, 0) is 43.0 Å². The van der Waals surface area contributed by atoms with Crippen LogP contribution in [0.15, 0.2) is 36.5 Å². The molecule has 2 aliphatic rings. The Morgan fingerprint density at radius 3 is 3.00 bits per heavy atom. The molecule has 1 unspecified atom stereocenters. The van der Waals surface area contributed by atoms with Crippen LogP contribution in [0, 0.1) is 0 Å². The predicted molar refractivity (Wildman–Crippen MR) is 94.3 cm³/mol. The molecule has 1 saturated carbocycles. The van der Waals surface area contributed by atoms with E-state index < -0.39 is 0 Å². The number of hydrogen-bond donors (Lipinski definition) is 1. The number of rotatable bonds is 6. The van der Waals surface area contributed by atoms with Crippen molar-refractivity contribution in [3.8, 4) is 5.75 Å². The Morgan fingerprint density at radius 2 is 2.17 bits per heavy atom. The lowest BCUT2D eigenvalue weighted by Crippen LogP contribution is -2.26. The Balaban J connectivity index is 1.33. The summed E-state index contributed by atoms with van der Waals surface area (Å²) in [5.41, 5.74) is 1.30. The minimum atomic E-state index is 0.456. The number of likely N-dealkylation sites (tertiary alicyclic amines) is 1. The van der Waals surface area contributed by atoms with Crippen molar-refractivity contribution in [3.63, 3.8) is 0 Å². The van der Waals surface area contributed by atoms with E-state index in [0.717, 1.165) is 43.4 Å². The fourth-order valence-corrected chi connectivity index (χ4v) is 3.32. The molecule has 0 radical (unpaired) electrons. The first kappa shape index (κ1) is 15.4. The van der Waals surface area contributed by atoms with Crippen molar-refractivity contribution in [2.45, 2.75) is 37.8 Å². The second-order valence-electron chi connectivity index (χ2n) is 6.79. The molecule has 4 rings (SSSR count). The normalized spacial score (nSPS) is 21.0. The zero-order valence-corrected chi connectivity index (χ0v) is 14.1. The van der Waals surface area contributed by atoms with E-state index in [4.69, 9.17) is 4.74 Å². The van der Waals surface area contributed by atoms with Gasteiger partial charge in [-0.15, -0.1) is 0 Å². The maximum atomic E-state index is 5.31. The van der Waals surface area contributed by atoms with Crippen LogP contribution in [0.25, 0.3) is 0 Å². The van der Waals surface area contributed by atoms with Gasteiger partial charge in [-0.2, -0.15) is 0 Å². The van der Waals surface area contributed by atoms with Gasteiger partial charge in [-0.3, -0.25) is 4.90 Å². The Labute approximate surface area is 143 Å². The molecule has 0 spiro atoms. The number of hydrogen-bond acceptors (Lipinski definition) is 5. The lowest BCUT2D eigenvalue weighted by molar-refractivity contribution is 0.327. The minimum absolute atomic E-state index is 0.456. The fraction of sp³-hybridized carbons (Fsp3) is 0.474. The van der Waals surface area contributed by atoms with Crippen LogP contribution in [0.1, 0.15) is 36.6 Å². The van der Waals surface area contributed by atoms with Crippen LogP contribution in [0.4, 0.5) is 5.82 Å². The summed E-state index contributed by atoms with van der Waals surface area (Å²) in [6.45, 7) is 3.11. The maximum absolute atomic E-state index is 5.31. The van der Waals surface area contributed by atoms with Crippen molar-refractivity contribution < 1.29 is 4.74 Å². The highest BCUT2D eigenvalue weighted by Gasteiger charge is 2.27. The zero-order chi connectivity index (χ0) is 16.4. The van der Waals surface area contributed by atoms with E-state index in [-0.39, 0.29) is 0 Å². The van der Waals surface area contributed by atoms with Gasteiger partial charge in [0.25, 0.3) is 0 Å². The summed E-state index contributed by atoms with van der Waals surface area (Å²) < 4.78 is 5.31. The van der Waals surface area contributed by atoms with Crippen molar-refractivity contribution in [1.29, 1.82) is 0 Å². The highest BCUT2D eigenvalue weighted by molar-refractivity contribution is 5.36. The Bertz CT molecular complexity index is 701. The Hall–Kier alpha value is -2.14. The van der Waals surface area contributed by atoms with E-state index in [1.54, 1.807) is 7.11 Å². The highest BCUT2D eigenvalue weighted by atomic mass is 16.5. The smallest absolute Gasteiger partial charge is 0.133 e. The molecule has 1 saturated heterocycles. The summed E-state index contributed by atoms with van der Waals surface area (Å²) in [6.07, 6.45) is 5.50. The first-order valence-corrected chi connectivity index (χ1v) is 8.75. The van der Waals surface area contributed by atoms with Gasteiger partial charge in [0.2, 0.25) is 0 Å². The molecule has 0 amide bonds. The van der Waals surface area contributed by atoms with E-state index in [1.807, 2.05) is 18.3 Å². The molecule has 2 aromatic rings. The van der Waals surface area contributed by atoms with Crippen LogP contribution in [-0.4, -0.2) is 41.1 Å². The molecule has 5 heteroatoms. The number of aromatic nitrogens is 2. The summed E-state index contributed by atoms with van der Waals surface area (Å²) in [5.74, 6) is 3.50. The van der Waals surface area contributed by atoms with E-state index in [0.29, 0.717) is 12.0 Å². The van der Waals surface area contributed by atoms with Crippen LogP contribution >= 0.6 is 0 Å². The van der Waals surface area contributed by atoms with Crippen molar-refractivity contribution >= 4 is 5.82 Å². The Morgan fingerprint density at radius 1 is 1.25 bits per heavy atom. The zero-order valence-electron chi connectivity index (χ0n) is 14.1. The lowest BCUT2D eigenvalue weighted by Gasteiger charge is -2.17. The molecular weight excluding hydrogens is 300 g/mol.